The van der Waals surface area contributed by atoms with Gasteiger partial charge in [0.15, 0.2) is 0 Å². The molecule has 1 fully saturated rings. The molecule has 0 atom stereocenters. The molecule has 0 aliphatic heterocycles. The summed E-state index contributed by atoms with van der Waals surface area (Å²) in [5, 5.41) is 10.1. The summed E-state index contributed by atoms with van der Waals surface area (Å²) in [7, 11) is 1.68. The van der Waals surface area contributed by atoms with Crippen molar-refractivity contribution in [3.05, 3.63) is 88.5 Å². The lowest BCUT2D eigenvalue weighted by molar-refractivity contribution is -0.0738. The van der Waals surface area contributed by atoms with E-state index in [0.29, 0.717) is 40.7 Å². The van der Waals surface area contributed by atoms with E-state index in [4.69, 9.17) is 10.7 Å². The summed E-state index contributed by atoms with van der Waals surface area (Å²) in [5.41, 5.74) is 9.74. The molecule has 170 valence electrons. The molecular formula is C26H25ClFN3O2. The monoisotopic (exact) mass is 465 g/mol. The Morgan fingerprint density at radius 1 is 1.03 bits per heavy atom. The van der Waals surface area contributed by atoms with E-state index in [1.807, 2.05) is 30.3 Å². The van der Waals surface area contributed by atoms with Crippen molar-refractivity contribution in [1.82, 2.24) is 9.55 Å². The summed E-state index contributed by atoms with van der Waals surface area (Å²) in [6, 6.07) is 19.3. The number of aryl methyl sites for hydroxylation is 1. The lowest BCUT2D eigenvalue weighted by Gasteiger charge is -2.49. The molecule has 1 saturated carbocycles. The van der Waals surface area contributed by atoms with E-state index in [-0.39, 0.29) is 23.8 Å². The molecule has 5 nitrogen and oxygen atoms in total. The predicted molar refractivity (Wildman–Crippen MR) is 131 cm³/mol. The second-order valence-electron chi connectivity index (χ2n) is 9.08. The largest absolute Gasteiger partial charge is 0.390 e. The number of benzene rings is 2. The maximum absolute atomic E-state index is 14.8. The number of rotatable bonds is 3. The normalized spacial score (nSPS) is 22.0. The molecule has 4 aromatic rings. The third-order valence-electron chi connectivity index (χ3n) is 6.40. The van der Waals surface area contributed by atoms with Crippen LogP contribution >= 0.6 is 12.4 Å². The van der Waals surface area contributed by atoms with Gasteiger partial charge in [-0.05, 0) is 43.5 Å². The minimum Gasteiger partial charge on any atom is -0.390 e. The number of hydrogen-bond acceptors (Lipinski definition) is 4. The third kappa shape index (κ3) is 3.95. The molecule has 0 unspecified atom stereocenters. The van der Waals surface area contributed by atoms with Crippen LogP contribution in [0.2, 0.25) is 0 Å². The first-order valence-electron chi connectivity index (χ1n) is 10.5. The molecule has 5 rings (SSSR count). The van der Waals surface area contributed by atoms with Crippen LogP contribution in [-0.4, -0.2) is 20.3 Å². The van der Waals surface area contributed by atoms with E-state index >= 15 is 0 Å². The summed E-state index contributed by atoms with van der Waals surface area (Å²) in [6.07, 6.45) is 1.00. The smallest absolute Gasteiger partial charge is 0.250 e. The van der Waals surface area contributed by atoms with Crippen LogP contribution in [0.1, 0.15) is 25.3 Å². The SMILES string of the molecule is Cl.Cn1c(=O)ccc2nc(-c3ccc([C@]4(N)C[C@](C)(O)C4)cc3)c(-c3ccccc3F)cc21. The second-order valence-corrected chi connectivity index (χ2v) is 9.08. The molecule has 33 heavy (non-hydrogen) atoms. The maximum Gasteiger partial charge on any atom is 0.250 e. The van der Waals surface area contributed by atoms with Gasteiger partial charge in [0.1, 0.15) is 5.82 Å². The Labute approximate surface area is 197 Å². The van der Waals surface area contributed by atoms with Crippen molar-refractivity contribution in [3.63, 3.8) is 0 Å². The van der Waals surface area contributed by atoms with Gasteiger partial charge in [0, 0.05) is 35.3 Å². The first-order chi connectivity index (χ1) is 15.2. The van der Waals surface area contributed by atoms with Crippen molar-refractivity contribution in [1.29, 1.82) is 0 Å². The standard InChI is InChI=1S/C26H24FN3O2.ClH/c1-25(32)14-26(28,15-25)17-9-7-16(8-10-17)24-19(18-5-3-4-6-20(18)27)13-22-21(29-24)11-12-23(31)30(22)2;/h3-13,32H,14-15,28H2,1-2H3;1H/t25-,26-;. The first-order valence-corrected chi connectivity index (χ1v) is 10.5. The number of nitrogens with zero attached hydrogens (tertiary/aromatic N) is 2. The second kappa shape index (κ2) is 8.06. The molecule has 3 N–H and O–H groups in total. The topological polar surface area (TPSA) is 81.1 Å². The summed E-state index contributed by atoms with van der Waals surface area (Å²) in [4.78, 5) is 17.0. The van der Waals surface area contributed by atoms with E-state index in [2.05, 4.69) is 0 Å². The van der Waals surface area contributed by atoms with Crippen LogP contribution in [0.4, 0.5) is 4.39 Å². The van der Waals surface area contributed by atoms with Crippen molar-refractivity contribution in [2.75, 3.05) is 0 Å². The van der Waals surface area contributed by atoms with Gasteiger partial charge >= 0.3 is 0 Å². The van der Waals surface area contributed by atoms with Gasteiger partial charge in [0.2, 0.25) is 0 Å². The highest BCUT2D eigenvalue weighted by atomic mass is 35.5. The highest BCUT2D eigenvalue weighted by Gasteiger charge is 2.49. The Morgan fingerprint density at radius 2 is 1.70 bits per heavy atom. The van der Waals surface area contributed by atoms with Gasteiger partial charge in [0.05, 0.1) is 22.3 Å². The lowest BCUT2D eigenvalue weighted by atomic mass is 9.63. The number of aliphatic hydroxyl groups is 1. The van der Waals surface area contributed by atoms with Crippen LogP contribution in [0.15, 0.2) is 71.5 Å². The van der Waals surface area contributed by atoms with Crippen molar-refractivity contribution in [2.24, 2.45) is 12.8 Å². The predicted octanol–water partition coefficient (Wildman–Crippen LogP) is 4.53. The summed E-state index contributed by atoms with van der Waals surface area (Å²) in [6.45, 7) is 1.79. The molecule has 2 aromatic carbocycles. The third-order valence-corrected chi connectivity index (χ3v) is 6.40. The number of fused-ring (bicyclic) bond motifs is 1. The Hall–Kier alpha value is -3.06. The molecule has 1 aliphatic carbocycles. The van der Waals surface area contributed by atoms with Gasteiger partial charge < -0.3 is 15.4 Å². The van der Waals surface area contributed by atoms with Crippen LogP contribution in [0.5, 0.6) is 0 Å². The number of hydrogen-bond donors (Lipinski definition) is 2. The Balaban J connectivity index is 0.00000259. The summed E-state index contributed by atoms with van der Waals surface area (Å²) >= 11 is 0. The maximum atomic E-state index is 14.8. The highest BCUT2D eigenvalue weighted by molar-refractivity contribution is 5.90. The zero-order valence-corrected chi connectivity index (χ0v) is 19.2. The Morgan fingerprint density at radius 3 is 2.33 bits per heavy atom. The molecule has 0 radical (unpaired) electrons. The number of pyridine rings is 2. The zero-order chi connectivity index (χ0) is 22.7. The van der Waals surface area contributed by atoms with Gasteiger partial charge in [-0.2, -0.15) is 0 Å². The zero-order valence-electron chi connectivity index (χ0n) is 18.4. The molecule has 2 aromatic heterocycles. The van der Waals surface area contributed by atoms with Gasteiger partial charge in [0.25, 0.3) is 5.56 Å². The van der Waals surface area contributed by atoms with E-state index in [1.165, 1.54) is 16.7 Å². The van der Waals surface area contributed by atoms with Gasteiger partial charge in [-0.25, -0.2) is 9.37 Å². The summed E-state index contributed by atoms with van der Waals surface area (Å²) < 4.78 is 16.3. The van der Waals surface area contributed by atoms with E-state index in [0.717, 1.165) is 11.1 Å². The van der Waals surface area contributed by atoms with Crippen LogP contribution in [0.25, 0.3) is 33.4 Å². The molecule has 0 spiro atoms. The van der Waals surface area contributed by atoms with Crippen molar-refractivity contribution in [3.8, 4) is 22.4 Å². The number of halogens is 2. The van der Waals surface area contributed by atoms with Gasteiger partial charge in [-0.15, -0.1) is 12.4 Å². The van der Waals surface area contributed by atoms with Gasteiger partial charge in [-0.3, -0.25) is 4.79 Å². The van der Waals surface area contributed by atoms with Crippen LogP contribution in [-0.2, 0) is 12.6 Å². The average Bonchev–Trinajstić information content (AvgIpc) is 2.75. The van der Waals surface area contributed by atoms with Crippen molar-refractivity contribution < 1.29 is 9.50 Å². The molecule has 0 bridgehead atoms. The Bertz CT molecular complexity index is 1410. The quantitative estimate of drug-likeness (QED) is 0.466. The van der Waals surface area contributed by atoms with E-state index in [1.54, 1.807) is 38.2 Å². The van der Waals surface area contributed by atoms with Crippen LogP contribution < -0.4 is 11.3 Å². The average molecular weight is 466 g/mol. The highest BCUT2D eigenvalue weighted by Crippen LogP contribution is 2.46. The van der Waals surface area contributed by atoms with Crippen molar-refractivity contribution in [2.45, 2.75) is 30.9 Å². The van der Waals surface area contributed by atoms with Gasteiger partial charge in [-0.1, -0.05) is 42.5 Å². The fourth-order valence-corrected chi connectivity index (χ4v) is 4.87. The molecular weight excluding hydrogens is 441 g/mol. The molecule has 7 heteroatoms. The van der Waals surface area contributed by atoms with E-state index < -0.39 is 11.1 Å². The molecule has 2 heterocycles. The Kier molecular flexibility index (Phi) is 5.65. The van der Waals surface area contributed by atoms with Crippen molar-refractivity contribution >= 4 is 23.4 Å². The minimum absolute atomic E-state index is 0. The summed E-state index contributed by atoms with van der Waals surface area (Å²) in [5.74, 6) is -0.356. The first kappa shape index (κ1) is 23.1. The fourth-order valence-electron chi connectivity index (χ4n) is 4.87. The van der Waals surface area contributed by atoms with E-state index in [9.17, 15) is 14.3 Å². The molecule has 0 saturated heterocycles. The number of nitrogens with two attached hydrogens (primary N) is 1. The lowest BCUT2D eigenvalue weighted by Crippen LogP contribution is -2.58. The molecule has 1 aliphatic rings. The van der Waals surface area contributed by atoms with Crippen LogP contribution in [0, 0.1) is 5.82 Å². The fraction of sp³-hybridized carbons (Fsp3) is 0.231. The minimum atomic E-state index is -0.735. The van der Waals surface area contributed by atoms with Crippen LogP contribution in [0.3, 0.4) is 0 Å². The molecule has 0 amide bonds. The number of aromatic nitrogens is 2.